The molecule has 0 atom stereocenters. The fourth-order valence-corrected chi connectivity index (χ4v) is 2.15. The summed E-state index contributed by atoms with van der Waals surface area (Å²) in [5.41, 5.74) is 3.80. The van der Waals surface area contributed by atoms with Gasteiger partial charge in [-0.15, -0.1) is 0 Å². The van der Waals surface area contributed by atoms with Gasteiger partial charge in [0.1, 0.15) is 0 Å². The summed E-state index contributed by atoms with van der Waals surface area (Å²) in [6, 6.07) is 16.9. The predicted molar refractivity (Wildman–Crippen MR) is 68.5 cm³/mol. The summed E-state index contributed by atoms with van der Waals surface area (Å²) in [7, 11) is 0. The molecule has 1 aromatic heterocycles. The van der Waals surface area contributed by atoms with Crippen LogP contribution in [0.1, 0.15) is 5.56 Å². The van der Waals surface area contributed by atoms with E-state index in [0.717, 1.165) is 0 Å². The number of fused-ring (bicyclic) bond motifs is 1. The smallest absolute Gasteiger partial charge is 0.0536 e. The van der Waals surface area contributed by atoms with Crippen LogP contribution in [0.4, 0.5) is 0 Å². The Hall–Kier alpha value is -2.02. The van der Waals surface area contributed by atoms with Crippen molar-refractivity contribution in [2.24, 2.45) is 0 Å². The molecule has 0 spiro atoms. The molecule has 16 heavy (non-hydrogen) atoms. The Balaban J connectivity index is 2.31. The van der Waals surface area contributed by atoms with Gasteiger partial charge in [0.05, 0.1) is 5.69 Å². The van der Waals surface area contributed by atoms with Crippen molar-refractivity contribution in [1.82, 2.24) is 4.98 Å². The molecule has 0 unspecified atom stereocenters. The zero-order chi connectivity index (χ0) is 11.0. The second-order valence-electron chi connectivity index (χ2n) is 4.07. The molecule has 0 aliphatic rings. The van der Waals surface area contributed by atoms with Crippen molar-refractivity contribution in [3.8, 4) is 11.3 Å². The summed E-state index contributed by atoms with van der Waals surface area (Å²) in [5.74, 6) is 0. The first kappa shape index (κ1) is 9.22. The second kappa shape index (κ2) is 3.53. The van der Waals surface area contributed by atoms with Gasteiger partial charge in [-0.05, 0) is 17.9 Å². The van der Waals surface area contributed by atoms with E-state index in [2.05, 4.69) is 66.6 Å². The van der Waals surface area contributed by atoms with Crippen LogP contribution in [0.5, 0.6) is 0 Å². The lowest BCUT2D eigenvalue weighted by Gasteiger charge is -2.03. The predicted octanol–water partition coefficient (Wildman–Crippen LogP) is 4.14. The molecule has 0 saturated carbocycles. The average molecular weight is 207 g/mol. The Labute approximate surface area is 94.7 Å². The Kier molecular flexibility index (Phi) is 2.03. The Morgan fingerprint density at radius 1 is 0.875 bits per heavy atom. The number of rotatable bonds is 1. The minimum atomic E-state index is 1.22. The molecular formula is C15H13N. The van der Waals surface area contributed by atoms with Crippen LogP contribution in [-0.4, -0.2) is 4.98 Å². The van der Waals surface area contributed by atoms with Crippen molar-refractivity contribution >= 4 is 10.8 Å². The van der Waals surface area contributed by atoms with Gasteiger partial charge in [-0.3, -0.25) is 0 Å². The first-order valence-electron chi connectivity index (χ1n) is 5.48. The van der Waals surface area contributed by atoms with Crippen molar-refractivity contribution in [3.63, 3.8) is 0 Å². The highest BCUT2D eigenvalue weighted by Crippen LogP contribution is 2.29. The number of benzene rings is 2. The van der Waals surface area contributed by atoms with E-state index in [0.29, 0.717) is 0 Å². The topological polar surface area (TPSA) is 15.8 Å². The lowest BCUT2D eigenvalue weighted by atomic mass is 10.0. The van der Waals surface area contributed by atoms with Crippen molar-refractivity contribution < 1.29 is 0 Å². The van der Waals surface area contributed by atoms with Gasteiger partial charge in [0.15, 0.2) is 0 Å². The molecule has 78 valence electrons. The third-order valence-corrected chi connectivity index (χ3v) is 3.02. The van der Waals surface area contributed by atoms with Crippen LogP contribution in [-0.2, 0) is 0 Å². The number of hydrogen-bond acceptors (Lipinski definition) is 0. The van der Waals surface area contributed by atoms with Gasteiger partial charge in [-0.1, -0.05) is 48.5 Å². The standard InChI is InChI=1S/C15H13N/c1-11-6-2-4-8-13(11)15-14-9-5-3-7-12(14)10-16-15/h2-10,16H,1H3. The van der Waals surface area contributed by atoms with Crippen LogP contribution >= 0.6 is 0 Å². The molecule has 0 radical (unpaired) electrons. The summed E-state index contributed by atoms with van der Waals surface area (Å²) in [6.45, 7) is 2.14. The number of aryl methyl sites for hydroxylation is 1. The summed E-state index contributed by atoms with van der Waals surface area (Å²) in [5, 5.41) is 2.55. The van der Waals surface area contributed by atoms with Gasteiger partial charge in [-0.25, -0.2) is 0 Å². The highest BCUT2D eigenvalue weighted by molar-refractivity contribution is 5.96. The first-order chi connectivity index (χ1) is 7.86. The molecule has 2 aromatic carbocycles. The maximum atomic E-state index is 3.37. The molecule has 0 aliphatic heterocycles. The summed E-state index contributed by atoms with van der Waals surface area (Å²) >= 11 is 0. The SMILES string of the molecule is Cc1ccccc1-c1[nH]cc2ccccc12. The number of H-pyrrole nitrogens is 1. The lowest BCUT2D eigenvalue weighted by molar-refractivity contribution is 1.37. The molecule has 1 heteroatoms. The first-order valence-corrected chi connectivity index (χ1v) is 5.48. The van der Waals surface area contributed by atoms with Gasteiger partial charge < -0.3 is 4.98 Å². The molecule has 0 fully saturated rings. The van der Waals surface area contributed by atoms with E-state index < -0.39 is 0 Å². The largest absolute Gasteiger partial charge is 0.360 e. The Morgan fingerprint density at radius 3 is 2.50 bits per heavy atom. The maximum absolute atomic E-state index is 3.37. The van der Waals surface area contributed by atoms with Crippen molar-refractivity contribution in [2.75, 3.05) is 0 Å². The van der Waals surface area contributed by atoms with Crippen LogP contribution in [0.25, 0.3) is 22.0 Å². The number of aromatic nitrogens is 1. The molecule has 0 bridgehead atoms. The molecule has 0 amide bonds. The quantitative estimate of drug-likeness (QED) is 0.617. The molecule has 0 aliphatic carbocycles. The monoisotopic (exact) mass is 207 g/mol. The zero-order valence-electron chi connectivity index (χ0n) is 9.20. The number of hydrogen-bond donors (Lipinski definition) is 1. The van der Waals surface area contributed by atoms with E-state index in [1.54, 1.807) is 0 Å². The number of nitrogens with one attached hydrogen (secondary N) is 1. The third kappa shape index (κ3) is 1.33. The third-order valence-electron chi connectivity index (χ3n) is 3.02. The summed E-state index contributed by atoms with van der Waals surface area (Å²) in [6.07, 6.45) is 2.07. The summed E-state index contributed by atoms with van der Waals surface area (Å²) < 4.78 is 0. The minimum absolute atomic E-state index is 1.22. The maximum Gasteiger partial charge on any atom is 0.0536 e. The van der Waals surface area contributed by atoms with E-state index in [1.807, 2.05) is 0 Å². The molecular weight excluding hydrogens is 194 g/mol. The van der Waals surface area contributed by atoms with Crippen LogP contribution < -0.4 is 0 Å². The van der Waals surface area contributed by atoms with E-state index in [1.165, 1.54) is 27.6 Å². The normalized spacial score (nSPS) is 10.8. The molecule has 3 aromatic rings. The van der Waals surface area contributed by atoms with Crippen LogP contribution in [0.15, 0.2) is 54.7 Å². The molecule has 1 nitrogen and oxygen atoms in total. The molecule has 0 saturated heterocycles. The van der Waals surface area contributed by atoms with Crippen molar-refractivity contribution in [2.45, 2.75) is 6.92 Å². The van der Waals surface area contributed by atoms with E-state index in [9.17, 15) is 0 Å². The van der Waals surface area contributed by atoms with Gasteiger partial charge in [-0.2, -0.15) is 0 Å². The van der Waals surface area contributed by atoms with Crippen LogP contribution in [0.3, 0.4) is 0 Å². The van der Waals surface area contributed by atoms with E-state index in [-0.39, 0.29) is 0 Å². The van der Waals surface area contributed by atoms with Crippen LogP contribution in [0, 0.1) is 6.92 Å². The van der Waals surface area contributed by atoms with Gasteiger partial charge in [0.2, 0.25) is 0 Å². The van der Waals surface area contributed by atoms with Gasteiger partial charge >= 0.3 is 0 Å². The van der Waals surface area contributed by atoms with E-state index in [4.69, 9.17) is 0 Å². The Morgan fingerprint density at radius 2 is 1.62 bits per heavy atom. The lowest BCUT2D eigenvalue weighted by Crippen LogP contribution is -1.82. The highest BCUT2D eigenvalue weighted by atomic mass is 14.7. The van der Waals surface area contributed by atoms with Crippen molar-refractivity contribution in [1.29, 1.82) is 0 Å². The zero-order valence-corrected chi connectivity index (χ0v) is 9.20. The fourth-order valence-electron chi connectivity index (χ4n) is 2.15. The number of aromatic amines is 1. The minimum Gasteiger partial charge on any atom is -0.360 e. The van der Waals surface area contributed by atoms with Crippen LogP contribution in [0.2, 0.25) is 0 Å². The molecule has 1 heterocycles. The Bertz CT molecular complexity index is 634. The van der Waals surface area contributed by atoms with Crippen molar-refractivity contribution in [3.05, 3.63) is 60.3 Å². The molecule has 3 rings (SSSR count). The summed E-state index contributed by atoms with van der Waals surface area (Å²) in [4.78, 5) is 3.37. The van der Waals surface area contributed by atoms with Gasteiger partial charge in [0, 0.05) is 17.1 Å². The second-order valence-corrected chi connectivity index (χ2v) is 4.07. The highest BCUT2D eigenvalue weighted by Gasteiger charge is 2.06. The van der Waals surface area contributed by atoms with Gasteiger partial charge in [0.25, 0.3) is 0 Å². The van der Waals surface area contributed by atoms with E-state index >= 15 is 0 Å². The fraction of sp³-hybridized carbons (Fsp3) is 0.0667. The average Bonchev–Trinajstić information content (AvgIpc) is 2.74. The molecule has 1 N–H and O–H groups in total.